The first-order chi connectivity index (χ1) is 21.1. The van der Waals surface area contributed by atoms with Crippen LogP contribution in [-0.4, -0.2) is 47.4 Å². The molecule has 3 heterocycles. The Morgan fingerprint density at radius 2 is 1.75 bits per heavy atom. The van der Waals surface area contributed by atoms with E-state index in [4.69, 9.17) is 14.2 Å². The molecule has 8 heteroatoms. The zero-order chi connectivity index (χ0) is 31.0. The monoisotopic (exact) mass is 612 g/mol. The maximum Gasteiger partial charge on any atom is 0.290 e. The van der Waals surface area contributed by atoms with Gasteiger partial charge in [0.1, 0.15) is 36.1 Å². The highest BCUT2D eigenvalue weighted by atomic mass is 32.2. The number of nitrogens with one attached hydrogen (secondary N) is 1. The lowest BCUT2D eigenvalue weighted by atomic mass is 9.82. The smallest absolute Gasteiger partial charge is 0.290 e. The predicted octanol–water partition coefficient (Wildman–Crippen LogP) is 7.31. The third-order valence-corrected chi connectivity index (χ3v) is 10.0. The largest absolute Gasteiger partial charge is 0.492 e. The van der Waals surface area contributed by atoms with Crippen LogP contribution in [0.25, 0.3) is 6.08 Å². The Labute approximate surface area is 264 Å². The minimum absolute atomic E-state index is 0.196. The first-order valence-electron chi connectivity index (χ1n) is 15.3. The van der Waals surface area contributed by atoms with Gasteiger partial charge in [-0.25, -0.2) is 0 Å². The number of fused-ring (bicyclic) bond motifs is 1. The molecule has 2 amide bonds. The molecule has 0 aliphatic carbocycles. The molecule has 0 aromatic heterocycles. The number of imide groups is 1. The molecule has 0 radical (unpaired) electrons. The van der Waals surface area contributed by atoms with Crippen molar-refractivity contribution in [3.05, 3.63) is 92.9 Å². The Kier molecular flexibility index (Phi) is 8.49. The summed E-state index contributed by atoms with van der Waals surface area (Å²) in [5.41, 5.74) is 6.40. The van der Waals surface area contributed by atoms with Gasteiger partial charge < -0.3 is 14.2 Å². The third kappa shape index (κ3) is 6.10. The predicted molar refractivity (Wildman–Crippen MR) is 175 cm³/mol. The fraction of sp³-hybridized carbons (Fsp3) is 0.389. The number of amides is 2. The van der Waals surface area contributed by atoms with Gasteiger partial charge in [-0.1, -0.05) is 42.5 Å². The quantitative estimate of drug-likeness (QED) is 0.254. The second-order valence-corrected chi connectivity index (χ2v) is 13.5. The minimum atomic E-state index is -0.350. The van der Waals surface area contributed by atoms with Crippen LogP contribution in [0.5, 0.6) is 17.2 Å². The first kappa shape index (κ1) is 30.3. The van der Waals surface area contributed by atoms with E-state index in [0.29, 0.717) is 24.2 Å². The van der Waals surface area contributed by atoms with Gasteiger partial charge in [0.15, 0.2) is 0 Å². The number of thioether (sulfide) groups is 1. The van der Waals surface area contributed by atoms with E-state index in [1.54, 1.807) is 6.08 Å². The maximum atomic E-state index is 11.9. The summed E-state index contributed by atoms with van der Waals surface area (Å²) in [7, 11) is 0. The average Bonchev–Trinajstić information content (AvgIpc) is 3.66. The van der Waals surface area contributed by atoms with Gasteiger partial charge in [0.05, 0.1) is 4.91 Å². The van der Waals surface area contributed by atoms with Crippen LogP contribution in [0.3, 0.4) is 0 Å². The molecule has 1 unspecified atom stereocenters. The maximum absolute atomic E-state index is 11.9. The van der Waals surface area contributed by atoms with Crippen LogP contribution in [0.1, 0.15) is 66.0 Å². The first-order valence-corrected chi connectivity index (χ1v) is 16.1. The van der Waals surface area contributed by atoms with Crippen LogP contribution in [-0.2, 0) is 11.4 Å². The van der Waals surface area contributed by atoms with E-state index in [1.807, 2.05) is 42.5 Å². The van der Waals surface area contributed by atoms with E-state index in [0.717, 1.165) is 77.2 Å². The van der Waals surface area contributed by atoms with Crippen molar-refractivity contribution < 1.29 is 23.8 Å². The lowest BCUT2D eigenvalue weighted by Crippen LogP contribution is -2.42. The Bertz CT molecular complexity index is 1600. The van der Waals surface area contributed by atoms with Crippen LogP contribution in [0.2, 0.25) is 0 Å². The molecule has 0 bridgehead atoms. The number of hydrogen-bond donors (Lipinski definition) is 1. The van der Waals surface area contributed by atoms with E-state index in [9.17, 15) is 9.59 Å². The second-order valence-electron chi connectivity index (χ2n) is 12.5. The van der Waals surface area contributed by atoms with Crippen LogP contribution < -0.4 is 19.5 Å². The van der Waals surface area contributed by atoms with E-state index in [1.165, 1.54) is 11.1 Å². The molecule has 0 spiro atoms. The third-order valence-electron chi connectivity index (χ3n) is 9.19. The molecule has 7 nitrogen and oxygen atoms in total. The molecule has 230 valence electrons. The highest BCUT2D eigenvalue weighted by Gasteiger charge is 2.46. The van der Waals surface area contributed by atoms with Crippen molar-refractivity contribution in [1.82, 2.24) is 10.2 Å². The van der Waals surface area contributed by atoms with E-state index in [-0.39, 0.29) is 22.7 Å². The van der Waals surface area contributed by atoms with E-state index < -0.39 is 0 Å². The Balaban J connectivity index is 1.15. The molecular formula is C36H40N2O5S. The number of carbonyl (C=O) groups excluding carboxylic acids is 2. The van der Waals surface area contributed by atoms with Crippen molar-refractivity contribution in [2.75, 3.05) is 19.7 Å². The van der Waals surface area contributed by atoms with Gasteiger partial charge in [0.2, 0.25) is 0 Å². The highest BCUT2D eigenvalue weighted by molar-refractivity contribution is 8.18. The molecule has 2 atom stereocenters. The Morgan fingerprint density at radius 3 is 2.45 bits per heavy atom. The summed E-state index contributed by atoms with van der Waals surface area (Å²) < 4.78 is 19.5. The summed E-state index contributed by atoms with van der Waals surface area (Å²) in [5.74, 6) is 2.62. The molecule has 2 fully saturated rings. The van der Waals surface area contributed by atoms with Gasteiger partial charge in [-0.15, -0.1) is 0 Å². The highest BCUT2D eigenvalue weighted by Crippen LogP contribution is 2.52. The summed E-state index contributed by atoms with van der Waals surface area (Å²) in [6.45, 7) is 13.9. The minimum Gasteiger partial charge on any atom is -0.492 e. The van der Waals surface area contributed by atoms with Crippen molar-refractivity contribution in [1.29, 1.82) is 0 Å². The number of benzene rings is 3. The SMILES string of the molecule is Cc1c(C)c2c(c(C)c1OCc1ccccc1)C(CN1CCC[C@H]1COc1ccc(/C=C3/SC(=O)NC3=O)cc1)C(C)(C)O2. The molecule has 2 saturated heterocycles. The van der Waals surface area contributed by atoms with E-state index >= 15 is 0 Å². The fourth-order valence-electron chi connectivity index (χ4n) is 6.59. The second kappa shape index (κ2) is 12.3. The van der Waals surface area contributed by atoms with Crippen LogP contribution in [0, 0.1) is 20.8 Å². The molecule has 3 aliphatic heterocycles. The molecule has 0 saturated carbocycles. The number of ether oxygens (including phenoxy) is 3. The summed E-state index contributed by atoms with van der Waals surface area (Å²) >= 11 is 0.922. The number of nitrogens with zero attached hydrogens (tertiary/aromatic N) is 1. The Morgan fingerprint density at radius 1 is 1.00 bits per heavy atom. The molecule has 1 N–H and O–H groups in total. The topological polar surface area (TPSA) is 77.1 Å². The summed E-state index contributed by atoms with van der Waals surface area (Å²) in [4.78, 5) is 26.3. The van der Waals surface area contributed by atoms with E-state index in [2.05, 4.69) is 57.0 Å². The normalized spacial score (nSPS) is 21.8. The van der Waals surface area contributed by atoms with Gasteiger partial charge in [-0.3, -0.25) is 19.8 Å². The summed E-state index contributed by atoms with van der Waals surface area (Å²) in [6, 6.07) is 18.3. The molecular weight excluding hydrogens is 572 g/mol. The summed E-state index contributed by atoms with van der Waals surface area (Å²) in [6.07, 6.45) is 3.94. The van der Waals surface area contributed by atoms with Crippen molar-refractivity contribution in [2.45, 2.75) is 71.6 Å². The molecule has 44 heavy (non-hydrogen) atoms. The summed E-state index contributed by atoms with van der Waals surface area (Å²) in [5, 5.41) is 1.95. The number of likely N-dealkylation sites (tertiary alicyclic amines) is 1. The molecule has 3 aromatic carbocycles. The number of rotatable bonds is 9. The van der Waals surface area contributed by atoms with Gasteiger partial charge in [-0.05, 0) is 112 Å². The molecule has 3 aliphatic rings. The number of hydrogen-bond acceptors (Lipinski definition) is 7. The van der Waals surface area contributed by atoms with Crippen LogP contribution in [0.4, 0.5) is 4.79 Å². The van der Waals surface area contributed by atoms with Gasteiger partial charge in [0, 0.05) is 24.1 Å². The van der Waals surface area contributed by atoms with Crippen molar-refractivity contribution in [3.8, 4) is 17.2 Å². The van der Waals surface area contributed by atoms with Gasteiger partial charge in [-0.2, -0.15) is 0 Å². The number of carbonyl (C=O) groups is 2. The molecule has 3 aromatic rings. The van der Waals surface area contributed by atoms with Crippen LogP contribution >= 0.6 is 11.8 Å². The van der Waals surface area contributed by atoms with Crippen molar-refractivity contribution >= 4 is 29.0 Å². The van der Waals surface area contributed by atoms with Crippen molar-refractivity contribution in [2.24, 2.45) is 0 Å². The van der Waals surface area contributed by atoms with Crippen molar-refractivity contribution in [3.63, 3.8) is 0 Å². The van der Waals surface area contributed by atoms with Gasteiger partial charge >= 0.3 is 0 Å². The van der Waals surface area contributed by atoms with Crippen LogP contribution in [0.15, 0.2) is 59.5 Å². The lowest BCUT2D eigenvalue weighted by Gasteiger charge is -2.33. The zero-order valence-electron chi connectivity index (χ0n) is 26.1. The Hall–Kier alpha value is -3.75. The van der Waals surface area contributed by atoms with Gasteiger partial charge in [0.25, 0.3) is 11.1 Å². The fourth-order valence-corrected chi connectivity index (χ4v) is 7.27. The average molecular weight is 613 g/mol. The lowest BCUT2D eigenvalue weighted by molar-refractivity contribution is -0.115. The standard InChI is InChI=1S/C36H40N2O5S/c1-22-23(2)33-31(24(3)32(22)42-20-26-10-7-6-8-11-26)29(36(4,5)43-33)19-38-17-9-12-27(38)21-41-28-15-13-25(14-16-28)18-30-34(39)37-35(40)44-30/h6-8,10-11,13-16,18,27,29H,9,12,17,19-21H2,1-5H3,(H,37,39,40)/b30-18+/t27-,29?/m0/s1. The zero-order valence-corrected chi connectivity index (χ0v) is 26.9. The molecule has 6 rings (SSSR count).